The van der Waals surface area contributed by atoms with Gasteiger partial charge in [0.2, 0.25) is 5.91 Å². The van der Waals surface area contributed by atoms with E-state index in [4.69, 9.17) is 15.7 Å². The van der Waals surface area contributed by atoms with Gasteiger partial charge in [0.1, 0.15) is 5.75 Å². The van der Waals surface area contributed by atoms with Crippen LogP contribution < -0.4 is 15.8 Å². The van der Waals surface area contributed by atoms with Gasteiger partial charge in [-0.25, -0.2) is 0 Å². The maximum absolute atomic E-state index is 12.2. The van der Waals surface area contributed by atoms with E-state index in [2.05, 4.69) is 10.5 Å². The van der Waals surface area contributed by atoms with E-state index >= 15 is 0 Å². The van der Waals surface area contributed by atoms with Gasteiger partial charge in [-0.2, -0.15) is 0 Å². The van der Waals surface area contributed by atoms with Crippen molar-refractivity contribution in [2.75, 3.05) is 12.4 Å². The zero-order valence-corrected chi connectivity index (χ0v) is 12.2. The molecule has 0 fully saturated rings. The van der Waals surface area contributed by atoms with Crippen molar-refractivity contribution in [2.45, 2.75) is 20.8 Å². The third-order valence-electron chi connectivity index (χ3n) is 3.29. The number of oxime groups is 1. The average Bonchev–Trinajstić information content (AvgIpc) is 2.45. The van der Waals surface area contributed by atoms with Crippen molar-refractivity contribution in [3.63, 3.8) is 0 Å². The summed E-state index contributed by atoms with van der Waals surface area (Å²) < 4.78 is 5.21. The molecule has 0 saturated carbocycles. The zero-order valence-electron chi connectivity index (χ0n) is 12.2. The van der Waals surface area contributed by atoms with Crippen LogP contribution in [0, 0.1) is 11.8 Å². The number of hydrogen-bond acceptors (Lipinski definition) is 4. The lowest BCUT2D eigenvalue weighted by Crippen LogP contribution is -2.26. The van der Waals surface area contributed by atoms with Gasteiger partial charge in [-0.15, -0.1) is 0 Å². The molecule has 110 valence electrons. The summed E-state index contributed by atoms with van der Waals surface area (Å²) in [5.41, 5.74) is 6.44. The van der Waals surface area contributed by atoms with Crippen molar-refractivity contribution >= 4 is 17.4 Å². The zero-order chi connectivity index (χ0) is 15.3. The van der Waals surface area contributed by atoms with Crippen LogP contribution in [0.3, 0.4) is 0 Å². The minimum absolute atomic E-state index is 0.0867. The predicted molar refractivity (Wildman–Crippen MR) is 78.1 cm³/mol. The molecule has 0 radical (unpaired) electrons. The van der Waals surface area contributed by atoms with Crippen LogP contribution in [-0.4, -0.2) is 24.1 Å². The van der Waals surface area contributed by atoms with Gasteiger partial charge >= 0.3 is 0 Å². The summed E-state index contributed by atoms with van der Waals surface area (Å²) in [5, 5.41) is 14.6. The standard InChI is InChI=1S/C14H21N3O3/c1-8(2)9(3)14(18)16-12-10(13(15)17-19)6-5-7-11(12)20-4/h5-9,19H,1-4H3,(H2,15,17)(H,16,18). The monoisotopic (exact) mass is 279 g/mol. The summed E-state index contributed by atoms with van der Waals surface area (Å²) in [6.45, 7) is 5.78. The van der Waals surface area contributed by atoms with E-state index in [0.717, 1.165) is 0 Å². The van der Waals surface area contributed by atoms with Gasteiger partial charge in [-0.1, -0.05) is 32.0 Å². The number of amidine groups is 1. The van der Waals surface area contributed by atoms with E-state index in [0.29, 0.717) is 17.0 Å². The topological polar surface area (TPSA) is 96.9 Å². The Morgan fingerprint density at radius 1 is 1.40 bits per heavy atom. The molecular weight excluding hydrogens is 258 g/mol. The number of nitrogens with two attached hydrogens (primary N) is 1. The van der Waals surface area contributed by atoms with Crippen molar-refractivity contribution in [3.8, 4) is 5.75 Å². The highest BCUT2D eigenvalue weighted by Gasteiger charge is 2.20. The molecule has 0 spiro atoms. The smallest absolute Gasteiger partial charge is 0.227 e. The van der Waals surface area contributed by atoms with E-state index in [1.165, 1.54) is 7.11 Å². The molecule has 1 unspecified atom stereocenters. The summed E-state index contributed by atoms with van der Waals surface area (Å²) in [6, 6.07) is 5.05. The minimum Gasteiger partial charge on any atom is -0.495 e. The first-order valence-electron chi connectivity index (χ1n) is 6.38. The number of nitrogens with one attached hydrogen (secondary N) is 1. The fourth-order valence-electron chi connectivity index (χ4n) is 1.64. The summed E-state index contributed by atoms with van der Waals surface area (Å²) in [7, 11) is 1.49. The number of nitrogens with zero attached hydrogens (tertiary/aromatic N) is 1. The van der Waals surface area contributed by atoms with Gasteiger partial charge < -0.3 is 21.0 Å². The number of methoxy groups -OCH3 is 1. The SMILES string of the molecule is COc1cccc(/C(N)=N/O)c1NC(=O)C(C)C(C)C. The van der Waals surface area contributed by atoms with Gasteiger partial charge in [0.05, 0.1) is 12.8 Å². The van der Waals surface area contributed by atoms with E-state index in [1.807, 2.05) is 20.8 Å². The number of carbonyl (C=O) groups is 1. The Balaban J connectivity index is 3.18. The number of ether oxygens (including phenoxy) is 1. The molecule has 0 aliphatic rings. The summed E-state index contributed by atoms with van der Waals surface area (Å²) in [4.78, 5) is 12.2. The Morgan fingerprint density at radius 2 is 2.05 bits per heavy atom. The second-order valence-electron chi connectivity index (χ2n) is 4.89. The first-order valence-corrected chi connectivity index (χ1v) is 6.38. The van der Waals surface area contributed by atoms with Gasteiger partial charge in [0.15, 0.2) is 5.84 Å². The molecule has 1 atom stereocenters. The highest BCUT2D eigenvalue weighted by molar-refractivity contribution is 6.07. The van der Waals surface area contributed by atoms with Crippen LogP contribution in [0.1, 0.15) is 26.3 Å². The first kappa shape index (κ1) is 15.8. The highest BCUT2D eigenvalue weighted by Crippen LogP contribution is 2.29. The number of benzene rings is 1. The Hall–Kier alpha value is -2.24. The molecule has 1 aromatic carbocycles. The maximum Gasteiger partial charge on any atom is 0.227 e. The summed E-state index contributed by atoms with van der Waals surface area (Å²) >= 11 is 0. The molecule has 6 nitrogen and oxygen atoms in total. The molecule has 0 saturated heterocycles. The molecule has 0 bridgehead atoms. The third-order valence-corrected chi connectivity index (χ3v) is 3.29. The van der Waals surface area contributed by atoms with Gasteiger partial charge in [0, 0.05) is 11.5 Å². The molecule has 1 amide bonds. The number of anilines is 1. The maximum atomic E-state index is 12.2. The second-order valence-corrected chi connectivity index (χ2v) is 4.89. The Bertz CT molecular complexity index is 512. The quantitative estimate of drug-likeness (QED) is 0.332. The second kappa shape index (κ2) is 6.79. The lowest BCUT2D eigenvalue weighted by Gasteiger charge is -2.18. The number of carbonyl (C=O) groups excluding carboxylic acids is 1. The number of amides is 1. The molecule has 0 aromatic heterocycles. The van der Waals surface area contributed by atoms with Crippen molar-refractivity contribution < 1.29 is 14.7 Å². The normalized spacial score (nSPS) is 13.2. The van der Waals surface area contributed by atoms with Gasteiger partial charge in [0.25, 0.3) is 0 Å². The van der Waals surface area contributed by atoms with Crippen molar-refractivity contribution in [2.24, 2.45) is 22.7 Å². The molecular formula is C14H21N3O3. The molecule has 1 rings (SSSR count). The van der Waals surface area contributed by atoms with Gasteiger partial charge in [-0.3, -0.25) is 4.79 Å². The van der Waals surface area contributed by atoms with E-state index in [9.17, 15) is 4.79 Å². The summed E-state index contributed by atoms with van der Waals surface area (Å²) in [6.07, 6.45) is 0. The molecule has 20 heavy (non-hydrogen) atoms. The largest absolute Gasteiger partial charge is 0.495 e. The average molecular weight is 279 g/mol. The lowest BCUT2D eigenvalue weighted by molar-refractivity contribution is -0.120. The van der Waals surface area contributed by atoms with Gasteiger partial charge in [-0.05, 0) is 18.1 Å². The van der Waals surface area contributed by atoms with E-state index in [-0.39, 0.29) is 23.6 Å². The fourth-order valence-corrected chi connectivity index (χ4v) is 1.64. The van der Waals surface area contributed by atoms with Crippen LogP contribution in [0.25, 0.3) is 0 Å². The fraction of sp³-hybridized carbons (Fsp3) is 0.429. The van der Waals surface area contributed by atoms with Crippen molar-refractivity contribution in [3.05, 3.63) is 23.8 Å². The Kier molecular flexibility index (Phi) is 5.37. The van der Waals surface area contributed by atoms with Crippen molar-refractivity contribution in [1.82, 2.24) is 0 Å². The minimum atomic E-state index is -0.167. The molecule has 6 heteroatoms. The molecule has 0 aliphatic carbocycles. The van der Waals surface area contributed by atoms with Crippen LogP contribution in [0.4, 0.5) is 5.69 Å². The van der Waals surface area contributed by atoms with Crippen LogP contribution in [0.2, 0.25) is 0 Å². The van der Waals surface area contributed by atoms with Crippen molar-refractivity contribution in [1.29, 1.82) is 0 Å². The number of para-hydroxylation sites is 1. The molecule has 0 heterocycles. The lowest BCUT2D eigenvalue weighted by atomic mass is 9.97. The number of rotatable bonds is 5. The van der Waals surface area contributed by atoms with Crippen LogP contribution in [-0.2, 0) is 4.79 Å². The molecule has 0 aliphatic heterocycles. The first-order chi connectivity index (χ1) is 9.42. The van der Waals surface area contributed by atoms with Crippen LogP contribution in [0.5, 0.6) is 5.75 Å². The molecule has 1 aromatic rings. The third kappa shape index (κ3) is 3.40. The molecule has 4 N–H and O–H groups in total. The Morgan fingerprint density at radius 3 is 2.55 bits per heavy atom. The van der Waals surface area contributed by atoms with E-state index < -0.39 is 0 Å². The highest BCUT2D eigenvalue weighted by atomic mass is 16.5. The van der Waals surface area contributed by atoms with Crippen LogP contribution >= 0.6 is 0 Å². The van der Waals surface area contributed by atoms with E-state index in [1.54, 1.807) is 18.2 Å². The Labute approximate surface area is 118 Å². The number of hydrogen-bond donors (Lipinski definition) is 3. The van der Waals surface area contributed by atoms with Crippen LogP contribution in [0.15, 0.2) is 23.4 Å². The predicted octanol–water partition coefficient (Wildman–Crippen LogP) is 2.02. The summed E-state index contributed by atoms with van der Waals surface area (Å²) in [5.74, 6) is 0.267.